The van der Waals surface area contributed by atoms with Gasteiger partial charge >= 0.3 is 6.03 Å². The molecule has 23 heavy (non-hydrogen) atoms. The third-order valence-electron chi connectivity index (χ3n) is 3.23. The third-order valence-corrected chi connectivity index (χ3v) is 3.23. The van der Waals surface area contributed by atoms with E-state index in [1.807, 2.05) is 13.0 Å². The maximum atomic E-state index is 12.2. The van der Waals surface area contributed by atoms with Gasteiger partial charge in [-0.2, -0.15) is 0 Å². The van der Waals surface area contributed by atoms with Crippen molar-refractivity contribution in [3.8, 4) is 0 Å². The summed E-state index contributed by atoms with van der Waals surface area (Å²) in [5.74, 6) is 0.558. The summed E-state index contributed by atoms with van der Waals surface area (Å²) in [6.07, 6.45) is 2.44. The highest BCUT2D eigenvalue weighted by molar-refractivity contribution is 5.96. The highest BCUT2D eigenvalue weighted by atomic mass is 16.3. The first kappa shape index (κ1) is 16.6. The smallest absolute Gasteiger partial charge is 0.321 e. The maximum absolute atomic E-state index is 12.2. The van der Waals surface area contributed by atoms with E-state index in [1.54, 1.807) is 43.6 Å². The van der Waals surface area contributed by atoms with Gasteiger partial charge in [0.25, 0.3) is 5.91 Å². The fourth-order valence-electron chi connectivity index (χ4n) is 2.01. The molecule has 1 aromatic carbocycles. The van der Waals surface area contributed by atoms with Gasteiger partial charge in [-0.25, -0.2) is 4.79 Å². The molecule has 0 spiro atoms. The lowest BCUT2D eigenvalue weighted by atomic mass is 10.2. The van der Waals surface area contributed by atoms with Crippen molar-refractivity contribution in [1.29, 1.82) is 0 Å². The highest BCUT2D eigenvalue weighted by Gasteiger charge is 2.12. The van der Waals surface area contributed by atoms with Gasteiger partial charge in [0, 0.05) is 24.8 Å². The Hall–Kier alpha value is -2.76. The van der Waals surface area contributed by atoms with Crippen LogP contribution >= 0.6 is 0 Å². The second-order valence-corrected chi connectivity index (χ2v) is 5.20. The van der Waals surface area contributed by atoms with Crippen LogP contribution in [-0.2, 0) is 6.54 Å². The lowest BCUT2D eigenvalue weighted by Crippen LogP contribution is -2.31. The van der Waals surface area contributed by atoms with Crippen molar-refractivity contribution >= 4 is 17.6 Å². The van der Waals surface area contributed by atoms with Crippen molar-refractivity contribution in [1.82, 2.24) is 10.2 Å². The predicted molar refractivity (Wildman–Crippen MR) is 88.3 cm³/mol. The molecule has 0 saturated carbocycles. The summed E-state index contributed by atoms with van der Waals surface area (Å²) in [7, 11) is 1.68. The van der Waals surface area contributed by atoms with Crippen molar-refractivity contribution in [2.75, 3.05) is 18.9 Å². The van der Waals surface area contributed by atoms with Gasteiger partial charge in [-0.1, -0.05) is 13.0 Å². The summed E-state index contributed by atoms with van der Waals surface area (Å²) in [5, 5.41) is 5.58. The van der Waals surface area contributed by atoms with Crippen molar-refractivity contribution in [2.45, 2.75) is 19.9 Å². The second-order valence-electron chi connectivity index (χ2n) is 5.20. The minimum atomic E-state index is -0.271. The fraction of sp³-hybridized carbons (Fsp3) is 0.294. The van der Waals surface area contributed by atoms with E-state index >= 15 is 0 Å². The quantitative estimate of drug-likeness (QED) is 0.860. The topological polar surface area (TPSA) is 74.6 Å². The Morgan fingerprint density at radius 3 is 2.74 bits per heavy atom. The summed E-state index contributed by atoms with van der Waals surface area (Å²) in [6, 6.07) is 10.2. The number of carbonyl (C=O) groups excluding carboxylic acids is 2. The van der Waals surface area contributed by atoms with Gasteiger partial charge in [-0.15, -0.1) is 0 Å². The van der Waals surface area contributed by atoms with Crippen LogP contribution in [0.1, 0.15) is 29.5 Å². The second kappa shape index (κ2) is 8.03. The van der Waals surface area contributed by atoms with Gasteiger partial charge in [0.05, 0.1) is 12.8 Å². The minimum Gasteiger partial charge on any atom is -0.467 e. The van der Waals surface area contributed by atoms with Gasteiger partial charge < -0.3 is 20.0 Å². The number of benzene rings is 1. The molecule has 1 aromatic heterocycles. The van der Waals surface area contributed by atoms with Gasteiger partial charge in [-0.3, -0.25) is 4.79 Å². The highest BCUT2D eigenvalue weighted by Crippen LogP contribution is 2.12. The average Bonchev–Trinajstić information content (AvgIpc) is 3.05. The maximum Gasteiger partial charge on any atom is 0.321 e. The Morgan fingerprint density at radius 1 is 1.22 bits per heavy atom. The number of nitrogens with zero attached hydrogens (tertiary/aromatic N) is 1. The Bertz CT molecular complexity index is 653. The van der Waals surface area contributed by atoms with Crippen LogP contribution < -0.4 is 10.6 Å². The molecule has 0 atom stereocenters. The molecule has 0 fully saturated rings. The molecule has 0 unspecified atom stereocenters. The first-order valence-corrected chi connectivity index (χ1v) is 7.53. The molecule has 0 bridgehead atoms. The van der Waals surface area contributed by atoms with E-state index in [1.165, 1.54) is 4.90 Å². The largest absolute Gasteiger partial charge is 0.467 e. The van der Waals surface area contributed by atoms with Crippen LogP contribution in [0.15, 0.2) is 47.1 Å². The van der Waals surface area contributed by atoms with Crippen LogP contribution in [0.4, 0.5) is 10.5 Å². The Balaban J connectivity index is 1.96. The molecule has 2 N–H and O–H groups in total. The predicted octanol–water partition coefficient (Wildman–Crippen LogP) is 3.08. The van der Waals surface area contributed by atoms with Crippen molar-refractivity contribution < 1.29 is 14.0 Å². The van der Waals surface area contributed by atoms with Gasteiger partial charge in [0.1, 0.15) is 5.76 Å². The van der Waals surface area contributed by atoms with Crippen LogP contribution in [0.3, 0.4) is 0 Å². The minimum absolute atomic E-state index is 0.146. The van der Waals surface area contributed by atoms with Crippen molar-refractivity contribution in [3.05, 3.63) is 54.0 Å². The summed E-state index contributed by atoms with van der Waals surface area (Å²) >= 11 is 0. The molecule has 2 rings (SSSR count). The van der Waals surface area contributed by atoms with E-state index in [4.69, 9.17) is 4.42 Å². The fourth-order valence-corrected chi connectivity index (χ4v) is 2.01. The summed E-state index contributed by atoms with van der Waals surface area (Å²) < 4.78 is 5.22. The van der Waals surface area contributed by atoms with Gasteiger partial charge in [-0.05, 0) is 36.8 Å². The van der Waals surface area contributed by atoms with E-state index < -0.39 is 0 Å². The zero-order valence-corrected chi connectivity index (χ0v) is 13.3. The van der Waals surface area contributed by atoms with E-state index in [0.29, 0.717) is 30.1 Å². The Morgan fingerprint density at radius 2 is 2.04 bits per heavy atom. The number of urea groups is 1. The molecule has 1 heterocycles. The first-order valence-electron chi connectivity index (χ1n) is 7.53. The van der Waals surface area contributed by atoms with E-state index in [9.17, 15) is 9.59 Å². The molecule has 3 amide bonds. The number of carbonyl (C=O) groups is 2. The molecule has 0 radical (unpaired) electrons. The SMILES string of the molecule is CCCNC(=O)c1cccc(NC(=O)N(C)Cc2ccco2)c1. The van der Waals surface area contributed by atoms with Gasteiger partial charge in [0.15, 0.2) is 0 Å². The van der Waals surface area contributed by atoms with Crippen LogP contribution in [0, 0.1) is 0 Å². The first-order chi connectivity index (χ1) is 11.1. The molecule has 0 saturated heterocycles. The van der Waals surface area contributed by atoms with E-state index in [2.05, 4.69) is 10.6 Å². The number of furan rings is 1. The molecule has 0 aliphatic carbocycles. The monoisotopic (exact) mass is 315 g/mol. The number of hydrogen-bond acceptors (Lipinski definition) is 3. The number of nitrogens with one attached hydrogen (secondary N) is 2. The number of amides is 3. The standard InChI is InChI=1S/C17H21N3O3/c1-3-9-18-16(21)13-6-4-7-14(11-13)19-17(22)20(2)12-15-8-5-10-23-15/h4-8,10-11H,3,9,12H2,1-2H3,(H,18,21)(H,19,22). The zero-order chi connectivity index (χ0) is 16.7. The molecular weight excluding hydrogens is 294 g/mol. The van der Waals surface area contributed by atoms with Crippen LogP contribution in [0.2, 0.25) is 0 Å². The molecule has 0 aliphatic rings. The number of anilines is 1. The molecule has 122 valence electrons. The summed E-state index contributed by atoms with van der Waals surface area (Å²) in [5.41, 5.74) is 1.09. The zero-order valence-electron chi connectivity index (χ0n) is 13.3. The summed E-state index contributed by atoms with van der Waals surface area (Å²) in [6.45, 7) is 2.99. The summed E-state index contributed by atoms with van der Waals surface area (Å²) in [4.78, 5) is 25.6. The van der Waals surface area contributed by atoms with Crippen LogP contribution in [0.5, 0.6) is 0 Å². The van der Waals surface area contributed by atoms with Gasteiger partial charge in [0.2, 0.25) is 0 Å². The van der Waals surface area contributed by atoms with Crippen LogP contribution in [-0.4, -0.2) is 30.4 Å². The molecular formula is C17H21N3O3. The third kappa shape index (κ3) is 4.88. The van der Waals surface area contributed by atoms with Crippen LogP contribution in [0.25, 0.3) is 0 Å². The van der Waals surface area contributed by atoms with Crippen molar-refractivity contribution in [2.24, 2.45) is 0 Å². The lowest BCUT2D eigenvalue weighted by Gasteiger charge is -2.17. The van der Waals surface area contributed by atoms with E-state index in [0.717, 1.165) is 6.42 Å². The average molecular weight is 315 g/mol. The Labute approximate surface area is 135 Å². The normalized spacial score (nSPS) is 10.2. The molecule has 2 aromatic rings. The molecule has 6 nitrogen and oxygen atoms in total. The molecule has 0 aliphatic heterocycles. The lowest BCUT2D eigenvalue weighted by molar-refractivity contribution is 0.0953. The van der Waals surface area contributed by atoms with E-state index in [-0.39, 0.29) is 11.9 Å². The Kier molecular flexibility index (Phi) is 5.80. The number of rotatable bonds is 6. The number of hydrogen-bond donors (Lipinski definition) is 2. The molecule has 6 heteroatoms. The van der Waals surface area contributed by atoms with Crippen molar-refractivity contribution in [3.63, 3.8) is 0 Å².